The summed E-state index contributed by atoms with van der Waals surface area (Å²) >= 11 is 1.75. The van der Waals surface area contributed by atoms with Gasteiger partial charge in [-0.2, -0.15) is 0 Å². The molecule has 0 aliphatic heterocycles. The number of hydrogen-bond donors (Lipinski definition) is 1. The second-order valence-electron chi connectivity index (χ2n) is 5.07. The molecule has 0 saturated carbocycles. The Kier molecular flexibility index (Phi) is 4.67. The maximum atomic E-state index is 9.48. The van der Waals surface area contributed by atoms with Gasteiger partial charge in [0.2, 0.25) is 0 Å². The van der Waals surface area contributed by atoms with Crippen LogP contribution in [0, 0.1) is 0 Å². The van der Waals surface area contributed by atoms with Crippen molar-refractivity contribution in [3.8, 4) is 0 Å². The quantitative estimate of drug-likeness (QED) is 0.843. The van der Waals surface area contributed by atoms with Crippen LogP contribution in [0.4, 0.5) is 0 Å². The predicted molar refractivity (Wildman–Crippen MR) is 81.7 cm³/mol. The molecule has 0 spiro atoms. The van der Waals surface area contributed by atoms with Gasteiger partial charge in [-0.3, -0.25) is 0 Å². The van der Waals surface area contributed by atoms with E-state index in [0.29, 0.717) is 5.92 Å². The molecule has 0 aliphatic carbocycles. The van der Waals surface area contributed by atoms with Crippen molar-refractivity contribution in [3.63, 3.8) is 0 Å². The molecule has 0 aliphatic rings. The zero-order chi connectivity index (χ0) is 13.8. The number of benzene rings is 2. The van der Waals surface area contributed by atoms with E-state index in [1.54, 1.807) is 18.7 Å². The van der Waals surface area contributed by atoms with Crippen molar-refractivity contribution < 1.29 is 5.11 Å². The molecule has 1 nitrogen and oxygen atoms in total. The minimum Gasteiger partial charge on any atom is -0.389 e. The maximum Gasteiger partial charge on any atom is 0.0761 e. The Morgan fingerprint density at radius 2 is 1.16 bits per heavy atom. The maximum absolute atomic E-state index is 9.48. The monoisotopic (exact) mass is 272 g/mol. The lowest BCUT2D eigenvalue weighted by Gasteiger charge is -2.08. The molecule has 100 valence electrons. The highest BCUT2D eigenvalue weighted by atomic mass is 32.2. The van der Waals surface area contributed by atoms with Gasteiger partial charge in [0.25, 0.3) is 0 Å². The second kappa shape index (κ2) is 6.27. The van der Waals surface area contributed by atoms with Crippen LogP contribution in [0.5, 0.6) is 0 Å². The summed E-state index contributed by atoms with van der Waals surface area (Å²) in [5.41, 5.74) is 2.33. The molecule has 0 saturated heterocycles. The highest BCUT2D eigenvalue weighted by Crippen LogP contribution is 2.29. The van der Waals surface area contributed by atoms with Gasteiger partial charge >= 0.3 is 0 Å². The highest BCUT2D eigenvalue weighted by molar-refractivity contribution is 7.99. The Labute approximate surface area is 119 Å². The molecule has 1 N–H and O–H groups in total. The van der Waals surface area contributed by atoms with Crippen molar-refractivity contribution >= 4 is 11.8 Å². The standard InChI is InChI=1S/C17H20OS/c1-12(2)14-4-8-16(9-5-14)19-17-10-6-15(7-11-17)13(3)18/h4-13,18H,1-3H3/t13-/m1/s1. The van der Waals surface area contributed by atoms with E-state index in [1.165, 1.54) is 15.4 Å². The van der Waals surface area contributed by atoms with E-state index in [0.717, 1.165) is 5.56 Å². The Bertz CT molecular complexity index is 462. The molecule has 0 aromatic heterocycles. The summed E-state index contributed by atoms with van der Waals surface area (Å²) < 4.78 is 0. The number of hydrogen-bond acceptors (Lipinski definition) is 2. The van der Waals surface area contributed by atoms with E-state index in [-0.39, 0.29) is 0 Å². The first kappa shape index (κ1) is 14.2. The van der Waals surface area contributed by atoms with Gasteiger partial charge in [-0.05, 0) is 48.2 Å². The Morgan fingerprint density at radius 3 is 1.53 bits per heavy atom. The Balaban J connectivity index is 2.08. The smallest absolute Gasteiger partial charge is 0.0761 e. The molecule has 1 atom stereocenters. The van der Waals surface area contributed by atoms with Crippen LogP contribution in [-0.4, -0.2) is 5.11 Å². The van der Waals surface area contributed by atoms with Crippen molar-refractivity contribution in [1.82, 2.24) is 0 Å². The highest BCUT2D eigenvalue weighted by Gasteiger charge is 2.03. The third kappa shape index (κ3) is 3.85. The van der Waals surface area contributed by atoms with Crippen LogP contribution >= 0.6 is 11.8 Å². The summed E-state index contributed by atoms with van der Waals surface area (Å²) in [5.74, 6) is 0.573. The van der Waals surface area contributed by atoms with Gasteiger partial charge in [-0.15, -0.1) is 0 Å². The minimum absolute atomic E-state index is 0.399. The molecule has 0 fully saturated rings. The van der Waals surface area contributed by atoms with Crippen LogP contribution in [0.2, 0.25) is 0 Å². The number of aliphatic hydroxyl groups is 1. The van der Waals surface area contributed by atoms with Crippen LogP contribution < -0.4 is 0 Å². The molecular weight excluding hydrogens is 252 g/mol. The summed E-state index contributed by atoms with van der Waals surface area (Å²) in [7, 11) is 0. The lowest BCUT2D eigenvalue weighted by atomic mass is 10.0. The first-order chi connectivity index (χ1) is 9.06. The average Bonchev–Trinajstić information content (AvgIpc) is 2.40. The summed E-state index contributed by atoms with van der Waals surface area (Å²) in [6, 6.07) is 16.8. The molecule has 0 heterocycles. The normalized spacial score (nSPS) is 12.7. The van der Waals surface area contributed by atoms with Crippen molar-refractivity contribution in [2.45, 2.75) is 42.6 Å². The Morgan fingerprint density at radius 1 is 0.737 bits per heavy atom. The summed E-state index contributed by atoms with van der Waals surface area (Å²) in [5, 5.41) is 9.48. The molecule has 0 unspecified atom stereocenters. The van der Waals surface area contributed by atoms with Crippen molar-refractivity contribution in [1.29, 1.82) is 0 Å². The van der Waals surface area contributed by atoms with E-state index in [2.05, 4.69) is 50.2 Å². The first-order valence-corrected chi connectivity index (χ1v) is 7.44. The van der Waals surface area contributed by atoms with Gasteiger partial charge in [-0.1, -0.05) is 49.9 Å². The van der Waals surface area contributed by atoms with Crippen LogP contribution in [0.1, 0.15) is 43.9 Å². The van der Waals surface area contributed by atoms with Crippen LogP contribution in [0.3, 0.4) is 0 Å². The predicted octanol–water partition coefficient (Wildman–Crippen LogP) is 5.01. The van der Waals surface area contributed by atoms with Gasteiger partial charge in [-0.25, -0.2) is 0 Å². The summed E-state index contributed by atoms with van der Waals surface area (Å²) in [6.07, 6.45) is -0.399. The van der Waals surface area contributed by atoms with Crippen molar-refractivity contribution in [2.24, 2.45) is 0 Å². The fourth-order valence-corrected chi connectivity index (χ4v) is 2.69. The molecular formula is C17H20OS. The van der Waals surface area contributed by atoms with Crippen LogP contribution in [0.15, 0.2) is 58.3 Å². The van der Waals surface area contributed by atoms with E-state index in [1.807, 2.05) is 12.1 Å². The Hall–Kier alpha value is -1.25. The van der Waals surface area contributed by atoms with Crippen LogP contribution in [0.25, 0.3) is 0 Å². The SMILES string of the molecule is CC(C)c1ccc(Sc2ccc([C@@H](C)O)cc2)cc1. The van der Waals surface area contributed by atoms with Gasteiger partial charge in [0.1, 0.15) is 0 Å². The lowest BCUT2D eigenvalue weighted by Crippen LogP contribution is -1.89. The molecule has 2 aromatic carbocycles. The summed E-state index contributed by atoms with van der Waals surface area (Å²) in [6.45, 7) is 6.20. The molecule has 2 heteroatoms. The zero-order valence-corrected chi connectivity index (χ0v) is 12.4. The van der Waals surface area contributed by atoms with E-state index < -0.39 is 6.10 Å². The molecule has 2 aromatic rings. The average molecular weight is 272 g/mol. The lowest BCUT2D eigenvalue weighted by molar-refractivity contribution is 0.199. The molecule has 0 amide bonds. The molecule has 0 radical (unpaired) electrons. The molecule has 2 rings (SSSR count). The van der Waals surface area contributed by atoms with Crippen molar-refractivity contribution in [3.05, 3.63) is 59.7 Å². The number of rotatable bonds is 4. The topological polar surface area (TPSA) is 20.2 Å². The van der Waals surface area contributed by atoms with Gasteiger partial charge in [0.15, 0.2) is 0 Å². The third-order valence-corrected chi connectivity index (χ3v) is 4.16. The zero-order valence-electron chi connectivity index (χ0n) is 11.6. The first-order valence-electron chi connectivity index (χ1n) is 6.62. The van der Waals surface area contributed by atoms with E-state index >= 15 is 0 Å². The second-order valence-corrected chi connectivity index (χ2v) is 6.22. The fraction of sp³-hybridized carbons (Fsp3) is 0.294. The molecule has 19 heavy (non-hydrogen) atoms. The third-order valence-electron chi connectivity index (χ3n) is 3.14. The molecule has 0 bridgehead atoms. The largest absolute Gasteiger partial charge is 0.389 e. The van der Waals surface area contributed by atoms with E-state index in [9.17, 15) is 5.11 Å². The summed E-state index contributed by atoms with van der Waals surface area (Å²) in [4.78, 5) is 2.44. The van der Waals surface area contributed by atoms with Crippen molar-refractivity contribution in [2.75, 3.05) is 0 Å². The van der Waals surface area contributed by atoms with Gasteiger partial charge in [0.05, 0.1) is 6.10 Å². The van der Waals surface area contributed by atoms with Gasteiger partial charge < -0.3 is 5.11 Å². The number of aliphatic hydroxyl groups excluding tert-OH is 1. The van der Waals surface area contributed by atoms with E-state index in [4.69, 9.17) is 0 Å². The van der Waals surface area contributed by atoms with Gasteiger partial charge in [0, 0.05) is 9.79 Å². The minimum atomic E-state index is -0.399. The fourth-order valence-electron chi connectivity index (χ4n) is 1.87. The van der Waals surface area contributed by atoms with Crippen LogP contribution in [-0.2, 0) is 0 Å².